The average Bonchev–Trinajstić information content (AvgIpc) is 2.35. The van der Waals surface area contributed by atoms with Crippen molar-refractivity contribution in [3.8, 4) is 12.0 Å². The number of nitrogens with zero attached hydrogens (tertiary/aromatic N) is 3. The Hall–Kier alpha value is -1.44. The smallest absolute Gasteiger partial charge is 0.324 e. The third-order valence-corrected chi connectivity index (χ3v) is 2.98. The van der Waals surface area contributed by atoms with Gasteiger partial charge in [-0.05, 0) is 13.3 Å². The molecule has 102 valence electrons. The van der Waals surface area contributed by atoms with Gasteiger partial charge < -0.3 is 14.8 Å². The number of rotatable bonds is 7. The second kappa shape index (κ2) is 7.10. The van der Waals surface area contributed by atoms with Crippen molar-refractivity contribution in [3.05, 3.63) is 0 Å². The lowest BCUT2D eigenvalue weighted by Gasteiger charge is -2.13. The highest BCUT2D eigenvalue weighted by Crippen LogP contribution is 2.13. The molecule has 1 N–H and O–H groups in total. The standard InChI is InChI=1S/C10H18N4O3S/c1-7(5-6-18(4)15)11-8-12-9(16-2)14-10(13-8)17-3/h7H,5-6H2,1-4H3,(H,11,12,13,14). The Morgan fingerprint density at radius 2 is 1.78 bits per heavy atom. The summed E-state index contributed by atoms with van der Waals surface area (Å²) in [6.07, 6.45) is 2.45. The van der Waals surface area contributed by atoms with Crippen LogP contribution in [0.5, 0.6) is 12.0 Å². The minimum atomic E-state index is -0.799. The van der Waals surface area contributed by atoms with Crippen molar-refractivity contribution in [2.75, 3.05) is 31.5 Å². The van der Waals surface area contributed by atoms with Crippen molar-refractivity contribution in [2.45, 2.75) is 19.4 Å². The van der Waals surface area contributed by atoms with Crippen molar-refractivity contribution in [1.82, 2.24) is 15.0 Å². The molecular weight excluding hydrogens is 256 g/mol. The van der Waals surface area contributed by atoms with Gasteiger partial charge in [-0.25, -0.2) is 0 Å². The summed E-state index contributed by atoms with van der Waals surface area (Å²) in [5, 5.41) is 3.09. The van der Waals surface area contributed by atoms with Crippen LogP contribution in [0.2, 0.25) is 0 Å². The first-order valence-corrected chi connectivity index (χ1v) is 7.18. The Kier molecular flexibility index (Phi) is 5.76. The number of anilines is 1. The van der Waals surface area contributed by atoms with E-state index in [2.05, 4.69) is 20.3 Å². The zero-order chi connectivity index (χ0) is 13.5. The van der Waals surface area contributed by atoms with Crippen molar-refractivity contribution in [3.63, 3.8) is 0 Å². The summed E-state index contributed by atoms with van der Waals surface area (Å²) in [6, 6.07) is 0.483. The Morgan fingerprint density at radius 1 is 1.22 bits per heavy atom. The molecule has 0 saturated heterocycles. The number of ether oxygens (including phenoxy) is 2. The van der Waals surface area contributed by atoms with Crippen LogP contribution in [-0.2, 0) is 10.8 Å². The van der Waals surface area contributed by atoms with E-state index in [0.29, 0.717) is 11.7 Å². The molecule has 0 radical (unpaired) electrons. The molecule has 0 aliphatic carbocycles. The van der Waals surface area contributed by atoms with Crippen LogP contribution in [0.25, 0.3) is 0 Å². The van der Waals surface area contributed by atoms with Crippen LogP contribution in [0, 0.1) is 0 Å². The lowest BCUT2D eigenvalue weighted by Crippen LogP contribution is -2.20. The number of methoxy groups -OCH3 is 2. The number of nitrogens with one attached hydrogen (secondary N) is 1. The molecule has 0 saturated carbocycles. The van der Waals surface area contributed by atoms with E-state index in [1.807, 2.05) is 6.92 Å². The van der Waals surface area contributed by atoms with Gasteiger partial charge in [-0.2, -0.15) is 9.97 Å². The van der Waals surface area contributed by atoms with E-state index in [1.165, 1.54) is 14.2 Å². The van der Waals surface area contributed by atoms with Gasteiger partial charge in [0.2, 0.25) is 5.95 Å². The minimum absolute atomic E-state index is 0.103. The maximum absolute atomic E-state index is 11.0. The van der Waals surface area contributed by atoms with Gasteiger partial charge in [0.15, 0.2) is 0 Å². The summed E-state index contributed by atoms with van der Waals surface area (Å²) < 4.78 is 20.9. The first kappa shape index (κ1) is 14.6. The molecule has 1 rings (SSSR count). The molecule has 0 spiro atoms. The van der Waals surface area contributed by atoms with Crippen molar-refractivity contribution < 1.29 is 13.7 Å². The van der Waals surface area contributed by atoms with Gasteiger partial charge in [-0.1, -0.05) is 0 Å². The number of hydrogen-bond donors (Lipinski definition) is 1. The molecule has 8 heteroatoms. The third kappa shape index (κ3) is 4.82. The van der Waals surface area contributed by atoms with Crippen LogP contribution >= 0.6 is 0 Å². The zero-order valence-corrected chi connectivity index (χ0v) is 11.8. The fraction of sp³-hybridized carbons (Fsp3) is 0.700. The second-order valence-corrected chi connectivity index (χ2v) is 5.30. The molecule has 18 heavy (non-hydrogen) atoms. The van der Waals surface area contributed by atoms with Crippen LogP contribution in [0.15, 0.2) is 0 Å². The maximum Gasteiger partial charge on any atom is 0.324 e. The largest absolute Gasteiger partial charge is 0.467 e. The molecule has 1 heterocycles. The van der Waals surface area contributed by atoms with E-state index in [4.69, 9.17) is 9.47 Å². The van der Waals surface area contributed by atoms with Gasteiger partial charge in [0.25, 0.3) is 0 Å². The summed E-state index contributed by atoms with van der Waals surface area (Å²) in [5.74, 6) is 1.01. The Labute approximate surface area is 109 Å². The summed E-state index contributed by atoms with van der Waals surface area (Å²) >= 11 is 0. The van der Waals surface area contributed by atoms with E-state index in [1.54, 1.807) is 6.26 Å². The predicted molar refractivity (Wildman–Crippen MR) is 69.6 cm³/mol. The summed E-state index contributed by atoms with van der Waals surface area (Å²) in [4.78, 5) is 12.0. The molecule has 0 fully saturated rings. The topological polar surface area (TPSA) is 86.2 Å². The molecule has 1 aromatic heterocycles. The normalized spacial score (nSPS) is 13.8. The number of hydrogen-bond acceptors (Lipinski definition) is 7. The molecule has 0 bridgehead atoms. The van der Waals surface area contributed by atoms with E-state index < -0.39 is 10.8 Å². The summed E-state index contributed by atoms with van der Waals surface area (Å²) in [7, 11) is 2.15. The fourth-order valence-corrected chi connectivity index (χ4v) is 1.91. The third-order valence-electron chi connectivity index (χ3n) is 2.17. The summed E-state index contributed by atoms with van der Waals surface area (Å²) in [6.45, 7) is 1.97. The van der Waals surface area contributed by atoms with Gasteiger partial charge in [0, 0.05) is 28.9 Å². The van der Waals surface area contributed by atoms with Crippen molar-refractivity contribution >= 4 is 16.7 Å². The van der Waals surface area contributed by atoms with Gasteiger partial charge >= 0.3 is 12.0 Å². The van der Waals surface area contributed by atoms with Gasteiger partial charge in [0.05, 0.1) is 14.2 Å². The maximum atomic E-state index is 11.0. The van der Waals surface area contributed by atoms with E-state index in [-0.39, 0.29) is 18.1 Å². The highest BCUT2D eigenvalue weighted by molar-refractivity contribution is 7.84. The molecular formula is C10H18N4O3S. The monoisotopic (exact) mass is 274 g/mol. The molecule has 7 nitrogen and oxygen atoms in total. The lowest BCUT2D eigenvalue weighted by atomic mass is 10.3. The first-order valence-electron chi connectivity index (χ1n) is 5.45. The van der Waals surface area contributed by atoms with E-state index in [9.17, 15) is 4.21 Å². The molecule has 0 aliphatic heterocycles. The van der Waals surface area contributed by atoms with Crippen LogP contribution in [0.4, 0.5) is 5.95 Å². The fourth-order valence-electron chi connectivity index (χ4n) is 1.22. The highest BCUT2D eigenvalue weighted by Gasteiger charge is 2.10. The molecule has 1 aromatic rings. The average molecular weight is 274 g/mol. The minimum Gasteiger partial charge on any atom is -0.467 e. The van der Waals surface area contributed by atoms with Gasteiger partial charge in [0.1, 0.15) is 0 Å². The highest BCUT2D eigenvalue weighted by atomic mass is 32.2. The molecule has 2 atom stereocenters. The Bertz CT molecular complexity index is 394. The van der Waals surface area contributed by atoms with Gasteiger partial charge in [-0.3, -0.25) is 4.21 Å². The summed E-state index contributed by atoms with van der Waals surface area (Å²) in [5.41, 5.74) is 0. The predicted octanol–water partition coefficient (Wildman–Crippen LogP) is 0.458. The van der Waals surface area contributed by atoms with E-state index in [0.717, 1.165) is 6.42 Å². The zero-order valence-electron chi connectivity index (χ0n) is 11.0. The van der Waals surface area contributed by atoms with Gasteiger partial charge in [-0.15, -0.1) is 4.98 Å². The van der Waals surface area contributed by atoms with Crippen molar-refractivity contribution in [1.29, 1.82) is 0 Å². The molecule has 0 aliphatic rings. The number of aromatic nitrogens is 3. The lowest BCUT2D eigenvalue weighted by molar-refractivity contribution is 0.341. The van der Waals surface area contributed by atoms with Crippen LogP contribution in [0.1, 0.15) is 13.3 Å². The second-order valence-electron chi connectivity index (χ2n) is 3.74. The SMILES string of the molecule is COc1nc(NC(C)CCS(C)=O)nc(OC)n1. The molecule has 0 amide bonds. The Morgan fingerprint density at radius 3 is 2.22 bits per heavy atom. The van der Waals surface area contributed by atoms with Crippen LogP contribution in [-0.4, -0.2) is 51.4 Å². The van der Waals surface area contributed by atoms with Crippen LogP contribution < -0.4 is 14.8 Å². The van der Waals surface area contributed by atoms with Crippen LogP contribution in [0.3, 0.4) is 0 Å². The molecule has 2 unspecified atom stereocenters. The Balaban J connectivity index is 2.67. The van der Waals surface area contributed by atoms with Crippen molar-refractivity contribution in [2.24, 2.45) is 0 Å². The van der Waals surface area contributed by atoms with E-state index >= 15 is 0 Å². The first-order chi connectivity index (χ1) is 8.55. The molecule has 0 aromatic carbocycles. The quantitative estimate of drug-likeness (QED) is 0.772.